The molecule has 2 aromatic heterocycles. The first-order valence-electron chi connectivity index (χ1n) is 21.0. The third-order valence-electron chi connectivity index (χ3n) is 13.2. The topological polar surface area (TPSA) is 133 Å². The molecular weight excluding hydrogens is 788 g/mol. The molecule has 4 saturated heterocycles. The van der Waals surface area contributed by atoms with Gasteiger partial charge in [0, 0.05) is 93.0 Å². The third kappa shape index (κ3) is 7.65. The molecule has 0 saturated carbocycles. The van der Waals surface area contributed by atoms with Crippen molar-refractivity contribution in [2.45, 2.75) is 56.9 Å². The number of likely N-dealkylation sites (tertiary alicyclic amines) is 1. The van der Waals surface area contributed by atoms with Gasteiger partial charge < -0.3 is 29.6 Å². The number of anilines is 3. The number of nitrogens with one attached hydrogen (secondary N) is 3. The molecule has 0 bridgehead atoms. The van der Waals surface area contributed by atoms with E-state index in [0.717, 1.165) is 91.9 Å². The zero-order valence-corrected chi connectivity index (χ0v) is 34.3. The molecule has 0 radical (unpaired) electrons. The number of rotatable bonds is 8. The molecule has 0 unspecified atom stereocenters. The van der Waals surface area contributed by atoms with Gasteiger partial charge in [-0.25, -0.2) is 13.6 Å². The maximum Gasteiger partial charge on any atom is 0.328 e. The van der Waals surface area contributed by atoms with E-state index < -0.39 is 23.6 Å². The zero-order chi connectivity index (χ0) is 41.7. The lowest BCUT2D eigenvalue weighted by atomic mass is 9.91. The molecule has 4 amide bonds. The number of nitriles is 1. The van der Waals surface area contributed by atoms with Gasteiger partial charge in [-0.3, -0.25) is 19.8 Å². The van der Waals surface area contributed by atoms with Crippen molar-refractivity contribution in [3.63, 3.8) is 0 Å². The Labute approximate surface area is 352 Å². The largest absolute Gasteiger partial charge is 0.371 e. The van der Waals surface area contributed by atoms with E-state index in [1.54, 1.807) is 18.3 Å². The highest BCUT2D eigenvalue weighted by molar-refractivity contribution is 6.36. The molecule has 4 aliphatic heterocycles. The Kier molecular flexibility index (Phi) is 10.9. The van der Waals surface area contributed by atoms with Gasteiger partial charge in [-0.1, -0.05) is 11.6 Å². The molecule has 60 heavy (non-hydrogen) atoms. The lowest BCUT2D eigenvalue weighted by molar-refractivity contribution is -0.120. The minimum absolute atomic E-state index is 0.0554. The smallest absolute Gasteiger partial charge is 0.328 e. The van der Waals surface area contributed by atoms with Crippen molar-refractivity contribution in [2.24, 2.45) is 13.0 Å². The van der Waals surface area contributed by atoms with Crippen LogP contribution in [0, 0.1) is 28.9 Å². The van der Waals surface area contributed by atoms with Crippen molar-refractivity contribution in [3.8, 4) is 6.07 Å². The molecule has 4 fully saturated rings. The molecule has 4 aliphatic rings. The maximum atomic E-state index is 15.5. The molecule has 3 aromatic carbocycles. The summed E-state index contributed by atoms with van der Waals surface area (Å²) in [5.74, 6) is -0.860. The van der Waals surface area contributed by atoms with Crippen molar-refractivity contribution >= 4 is 68.3 Å². The summed E-state index contributed by atoms with van der Waals surface area (Å²) in [5, 5.41) is 16.9. The first-order valence-corrected chi connectivity index (χ1v) is 21.3. The van der Waals surface area contributed by atoms with Crippen molar-refractivity contribution in [3.05, 3.63) is 88.2 Å². The van der Waals surface area contributed by atoms with Crippen LogP contribution in [0.3, 0.4) is 0 Å². The Morgan fingerprint density at radius 3 is 2.35 bits per heavy atom. The van der Waals surface area contributed by atoms with Gasteiger partial charge in [0.25, 0.3) is 5.91 Å². The van der Waals surface area contributed by atoms with Crippen molar-refractivity contribution in [2.75, 3.05) is 67.1 Å². The SMILES string of the molecule is Cn1c(C2CCN(CC3CCN(c4ccc(C(=O)NC5CCN(c6ccc(Cl)c7c(C#N)c[nH]c67)CC5)c(F)c4)CC3)CC2)cc2cc(F)c(N3CCC(=O)NC3=O)cc21. The van der Waals surface area contributed by atoms with Gasteiger partial charge in [0.1, 0.15) is 17.7 Å². The zero-order valence-electron chi connectivity index (χ0n) is 33.6. The number of aromatic nitrogens is 2. The van der Waals surface area contributed by atoms with E-state index in [1.165, 1.54) is 17.0 Å². The van der Waals surface area contributed by atoms with Gasteiger partial charge >= 0.3 is 6.03 Å². The van der Waals surface area contributed by atoms with Crippen LogP contribution in [0.25, 0.3) is 21.8 Å². The summed E-state index contributed by atoms with van der Waals surface area (Å²) in [6.45, 7) is 6.18. The van der Waals surface area contributed by atoms with Crippen molar-refractivity contribution in [1.29, 1.82) is 5.26 Å². The fourth-order valence-corrected chi connectivity index (χ4v) is 10.1. The minimum atomic E-state index is -0.598. The van der Waals surface area contributed by atoms with Crippen LogP contribution in [0.2, 0.25) is 5.02 Å². The number of benzene rings is 3. The van der Waals surface area contributed by atoms with Gasteiger partial charge in [0.2, 0.25) is 5.91 Å². The molecule has 6 heterocycles. The number of urea groups is 1. The number of imide groups is 1. The first kappa shape index (κ1) is 39.8. The molecule has 312 valence electrons. The molecule has 0 aliphatic carbocycles. The molecule has 0 spiro atoms. The van der Waals surface area contributed by atoms with Gasteiger partial charge in [-0.15, -0.1) is 0 Å². The quantitative estimate of drug-likeness (QED) is 0.148. The first-order chi connectivity index (χ1) is 29.0. The van der Waals surface area contributed by atoms with Gasteiger partial charge in [-0.05, 0) is 106 Å². The highest BCUT2D eigenvalue weighted by atomic mass is 35.5. The van der Waals surface area contributed by atoms with Crippen molar-refractivity contribution < 1.29 is 23.2 Å². The molecule has 3 N–H and O–H groups in total. The van der Waals surface area contributed by atoms with Crippen LogP contribution in [0.5, 0.6) is 0 Å². The summed E-state index contributed by atoms with van der Waals surface area (Å²) in [7, 11) is 2.00. The van der Waals surface area contributed by atoms with Crippen LogP contribution < -0.4 is 25.3 Å². The normalized spacial score (nSPS) is 19.0. The van der Waals surface area contributed by atoms with Crippen LogP contribution in [0.15, 0.2) is 54.7 Å². The number of carbonyl (C=O) groups is 3. The fourth-order valence-electron chi connectivity index (χ4n) is 9.87. The number of aryl methyl sites for hydroxylation is 1. The standard InChI is InChI=1S/C45H48ClF2N9O3/c1-53-38(21-29-20-36(48)40(23-39(29)53)57-19-12-41(58)52-45(57)60)28-8-13-54(14-9-28)26-27-6-15-55(16-7-27)32-2-3-33(35(47)22-32)44(59)51-31-10-17-56(18-11-31)37-5-4-34(46)42-30(24-49)25-50-43(37)42/h2-5,20-23,25,27-28,31,50H,6-19,26H2,1H3,(H,51,59)(H,52,58,60). The molecular formula is C45H48ClF2N9O3. The Bertz CT molecular complexity index is 2520. The Hall–Kier alpha value is -5.65. The Balaban J connectivity index is 0.738. The molecule has 9 rings (SSSR count). The molecule has 15 heteroatoms. The summed E-state index contributed by atoms with van der Waals surface area (Å²) in [4.78, 5) is 48.8. The number of hydrogen-bond acceptors (Lipinski definition) is 7. The predicted octanol–water partition coefficient (Wildman–Crippen LogP) is 7.40. The number of fused-ring (bicyclic) bond motifs is 2. The van der Waals surface area contributed by atoms with E-state index in [2.05, 4.69) is 47.0 Å². The number of piperidine rings is 3. The number of nitrogens with zero attached hydrogens (tertiary/aromatic N) is 6. The highest BCUT2D eigenvalue weighted by Gasteiger charge is 2.31. The van der Waals surface area contributed by atoms with Crippen LogP contribution >= 0.6 is 11.6 Å². The molecule has 5 aromatic rings. The van der Waals surface area contributed by atoms with E-state index in [9.17, 15) is 19.6 Å². The predicted molar refractivity (Wildman–Crippen MR) is 229 cm³/mol. The number of amides is 4. The van der Waals surface area contributed by atoms with E-state index in [-0.39, 0.29) is 36.2 Å². The Morgan fingerprint density at radius 1 is 0.883 bits per heavy atom. The second-order valence-electron chi connectivity index (χ2n) is 16.8. The highest BCUT2D eigenvalue weighted by Crippen LogP contribution is 2.37. The number of halogens is 3. The number of H-pyrrole nitrogens is 1. The van der Waals surface area contributed by atoms with E-state index in [1.807, 2.05) is 25.2 Å². The number of hydrogen-bond donors (Lipinski definition) is 3. The monoisotopic (exact) mass is 835 g/mol. The summed E-state index contributed by atoms with van der Waals surface area (Å²) >= 11 is 6.40. The molecule has 12 nitrogen and oxygen atoms in total. The summed E-state index contributed by atoms with van der Waals surface area (Å²) < 4.78 is 32.8. The van der Waals surface area contributed by atoms with Gasteiger partial charge in [0.05, 0.1) is 38.6 Å². The molecule has 0 atom stereocenters. The lowest BCUT2D eigenvalue weighted by Crippen LogP contribution is -2.49. The Morgan fingerprint density at radius 2 is 1.63 bits per heavy atom. The van der Waals surface area contributed by atoms with E-state index in [4.69, 9.17) is 11.6 Å². The summed E-state index contributed by atoms with van der Waals surface area (Å²) in [6, 6.07) is 15.5. The average Bonchev–Trinajstić information content (AvgIpc) is 3.83. The lowest BCUT2D eigenvalue weighted by Gasteiger charge is -2.38. The second kappa shape index (κ2) is 16.4. The maximum absolute atomic E-state index is 15.5. The second-order valence-corrected chi connectivity index (χ2v) is 17.2. The number of carbonyl (C=O) groups excluding carboxylic acids is 3. The van der Waals surface area contributed by atoms with Crippen LogP contribution in [-0.4, -0.2) is 90.7 Å². The van der Waals surface area contributed by atoms with Crippen LogP contribution in [0.1, 0.15) is 72.5 Å². The van der Waals surface area contributed by atoms with E-state index in [0.29, 0.717) is 53.7 Å². The van der Waals surface area contributed by atoms with Gasteiger partial charge in [0.15, 0.2) is 0 Å². The summed E-state index contributed by atoms with van der Waals surface area (Å²) in [5.41, 5.74) is 5.36. The fraction of sp³-hybridized carbons (Fsp3) is 0.422. The average molecular weight is 836 g/mol. The van der Waals surface area contributed by atoms with Crippen LogP contribution in [-0.2, 0) is 11.8 Å². The third-order valence-corrected chi connectivity index (χ3v) is 13.6. The minimum Gasteiger partial charge on any atom is -0.371 e. The van der Waals surface area contributed by atoms with Crippen LogP contribution in [0.4, 0.5) is 30.6 Å². The van der Waals surface area contributed by atoms with E-state index >= 15 is 8.78 Å². The van der Waals surface area contributed by atoms with Crippen molar-refractivity contribution in [1.82, 2.24) is 25.1 Å². The summed E-state index contributed by atoms with van der Waals surface area (Å²) in [6.07, 6.45) is 7.23. The van der Waals surface area contributed by atoms with Gasteiger partial charge in [-0.2, -0.15) is 5.26 Å². The number of aromatic amines is 1.